The van der Waals surface area contributed by atoms with Gasteiger partial charge in [0.05, 0.1) is 12.1 Å². The van der Waals surface area contributed by atoms with Crippen LogP contribution >= 0.6 is 11.8 Å². The van der Waals surface area contributed by atoms with E-state index in [0.717, 1.165) is 22.9 Å². The van der Waals surface area contributed by atoms with Crippen molar-refractivity contribution in [3.05, 3.63) is 53.7 Å². The zero-order valence-corrected chi connectivity index (χ0v) is 11.8. The lowest BCUT2D eigenvalue weighted by Crippen LogP contribution is -2.03. The van der Waals surface area contributed by atoms with E-state index in [2.05, 4.69) is 17.1 Å². The molecule has 0 aliphatic carbocycles. The summed E-state index contributed by atoms with van der Waals surface area (Å²) in [6.07, 6.45) is 2.70. The minimum Gasteiger partial charge on any atom is -0.496 e. The van der Waals surface area contributed by atoms with E-state index < -0.39 is 0 Å². The Kier molecular flexibility index (Phi) is 5.24. The molecule has 0 atom stereocenters. The largest absolute Gasteiger partial charge is 0.496 e. The number of nitrogens with two attached hydrogens (primary N) is 1. The summed E-state index contributed by atoms with van der Waals surface area (Å²) in [5, 5.41) is 1.02. The maximum atomic E-state index is 5.60. The molecule has 2 N–H and O–H groups in total. The summed E-state index contributed by atoms with van der Waals surface area (Å²) >= 11 is 1.71. The van der Waals surface area contributed by atoms with E-state index in [0.29, 0.717) is 6.54 Å². The van der Waals surface area contributed by atoms with Gasteiger partial charge < -0.3 is 10.5 Å². The van der Waals surface area contributed by atoms with Gasteiger partial charge in [-0.3, -0.25) is 0 Å². The van der Waals surface area contributed by atoms with Gasteiger partial charge in [-0.05, 0) is 36.7 Å². The van der Waals surface area contributed by atoms with Crippen molar-refractivity contribution < 1.29 is 4.74 Å². The van der Waals surface area contributed by atoms with Crippen molar-refractivity contribution in [3.8, 4) is 5.75 Å². The number of hydrogen-bond donors (Lipinski definition) is 1. The number of methoxy groups -OCH3 is 1. The minimum absolute atomic E-state index is 0.666. The number of hydrogen-bond acceptors (Lipinski definition) is 4. The Hall–Kier alpha value is -1.52. The number of nitrogens with zero attached hydrogens (tertiary/aromatic N) is 1. The van der Waals surface area contributed by atoms with Crippen molar-refractivity contribution in [1.82, 2.24) is 4.98 Å². The van der Waals surface area contributed by atoms with E-state index >= 15 is 0 Å². The first-order chi connectivity index (χ1) is 9.33. The third-order valence-electron chi connectivity index (χ3n) is 2.79. The molecule has 3 nitrogen and oxygen atoms in total. The lowest BCUT2D eigenvalue weighted by atomic mass is 10.1. The summed E-state index contributed by atoms with van der Waals surface area (Å²) in [5.41, 5.74) is 8.03. The molecular formula is C15H18N2OS. The van der Waals surface area contributed by atoms with Crippen LogP contribution < -0.4 is 10.5 Å². The molecule has 0 aliphatic rings. The van der Waals surface area contributed by atoms with Crippen molar-refractivity contribution in [2.24, 2.45) is 5.73 Å². The lowest BCUT2D eigenvalue weighted by Gasteiger charge is -2.10. The van der Waals surface area contributed by atoms with Gasteiger partial charge in [-0.15, -0.1) is 11.8 Å². The number of pyridine rings is 1. The minimum atomic E-state index is 0.666. The Morgan fingerprint density at radius 1 is 1.26 bits per heavy atom. The fourth-order valence-electron chi connectivity index (χ4n) is 1.85. The van der Waals surface area contributed by atoms with E-state index in [1.165, 1.54) is 11.1 Å². The van der Waals surface area contributed by atoms with Crippen molar-refractivity contribution >= 4 is 11.8 Å². The summed E-state index contributed by atoms with van der Waals surface area (Å²) in [6, 6.07) is 12.2. The van der Waals surface area contributed by atoms with Crippen LogP contribution in [0.4, 0.5) is 0 Å². The van der Waals surface area contributed by atoms with Crippen LogP contribution in [0.1, 0.15) is 11.1 Å². The van der Waals surface area contributed by atoms with Gasteiger partial charge in [-0.1, -0.05) is 18.2 Å². The van der Waals surface area contributed by atoms with Gasteiger partial charge >= 0.3 is 0 Å². The average molecular weight is 274 g/mol. The molecule has 2 aromatic rings. The number of ether oxygens (including phenoxy) is 1. The smallest absolute Gasteiger partial charge is 0.122 e. The molecule has 1 aromatic carbocycles. The number of thioether (sulfide) groups is 1. The SMILES string of the molecule is COc1ccc(CCN)cc1CSc1ccccn1. The van der Waals surface area contributed by atoms with Gasteiger partial charge in [0.25, 0.3) is 0 Å². The molecule has 1 aromatic heterocycles. The maximum Gasteiger partial charge on any atom is 0.122 e. The van der Waals surface area contributed by atoms with Crippen molar-refractivity contribution in [1.29, 1.82) is 0 Å². The third kappa shape index (κ3) is 3.98. The molecule has 0 unspecified atom stereocenters. The van der Waals surface area contributed by atoms with Gasteiger partial charge in [-0.2, -0.15) is 0 Å². The second-order valence-corrected chi connectivity index (χ2v) is 5.14. The molecule has 1 heterocycles. The van der Waals surface area contributed by atoms with Crippen molar-refractivity contribution in [3.63, 3.8) is 0 Å². The Balaban J connectivity index is 2.11. The second-order valence-electron chi connectivity index (χ2n) is 4.14. The molecule has 0 aliphatic heterocycles. The zero-order chi connectivity index (χ0) is 13.5. The molecule has 4 heteroatoms. The molecular weight excluding hydrogens is 256 g/mol. The summed E-state index contributed by atoms with van der Waals surface area (Å²) < 4.78 is 5.40. The second kappa shape index (κ2) is 7.16. The van der Waals surface area contributed by atoms with Crippen LogP contribution in [0.3, 0.4) is 0 Å². The fourth-order valence-corrected chi connectivity index (χ4v) is 2.69. The Labute approximate surface area is 118 Å². The van der Waals surface area contributed by atoms with Crippen LogP contribution in [0.5, 0.6) is 5.75 Å². The summed E-state index contributed by atoms with van der Waals surface area (Å²) in [5.74, 6) is 1.77. The molecule has 0 amide bonds. The monoisotopic (exact) mass is 274 g/mol. The topological polar surface area (TPSA) is 48.1 Å². The van der Waals surface area contributed by atoms with Gasteiger partial charge in [0.15, 0.2) is 0 Å². The highest BCUT2D eigenvalue weighted by atomic mass is 32.2. The normalized spacial score (nSPS) is 10.4. The van der Waals surface area contributed by atoms with Gasteiger partial charge in [0, 0.05) is 17.5 Å². The molecule has 0 radical (unpaired) electrons. The van der Waals surface area contributed by atoms with Crippen LogP contribution in [-0.2, 0) is 12.2 Å². The zero-order valence-electron chi connectivity index (χ0n) is 11.0. The van der Waals surface area contributed by atoms with Crippen LogP contribution in [0.15, 0.2) is 47.6 Å². The van der Waals surface area contributed by atoms with Gasteiger partial charge in [0.2, 0.25) is 0 Å². The van der Waals surface area contributed by atoms with Crippen LogP contribution in [0.2, 0.25) is 0 Å². The Bertz CT molecular complexity index is 517. The highest BCUT2D eigenvalue weighted by Gasteiger charge is 2.05. The summed E-state index contributed by atoms with van der Waals surface area (Å²) in [7, 11) is 1.70. The lowest BCUT2D eigenvalue weighted by molar-refractivity contribution is 0.411. The number of aromatic nitrogens is 1. The molecule has 0 saturated carbocycles. The first-order valence-electron chi connectivity index (χ1n) is 6.23. The van der Waals surface area contributed by atoms with E-state index in [-0.39, 0.29) is 0 Å². The molecule has 19 heavy (non-hydrogen) atoms. The van der Waals surface area contributed by atoms with Crippen LogP contribution in [-0.4, -0.2) is 18.6 Å². The average Bonchev–Trinajstić information content (AvgIpc) is 2.47. The van der Waals surface area contributed by atoms with E-state index in [1.54, 1.807) is 18.9 Å². The van der Waals surface area contributed by atoms with Crippen LogP contribution in [0.25, 0.3) is 0 Å². The quantitative estimate of drug-likeness (QED) is 0.823. The highest BCUT2D eigenvalue weighted by Crippen LogP contribution is 2.27. The molecule has 0 bridgehead atoms. The van der Waals surface area contributed by atoms with Crippen LogP contribution in [0, 0.1) is 0 Å². The predicted molar refractivity (Wildman–Crippen MR) is 79.6 cm³/mol. The Morgan fingerprint density at radius 3 is 2.84 bits per heavy atom. The van der Waals surface area contributed by atoms with Gasteiger partial charge in [0.1, 0.15) is 5.75 Å². The number of benzene rings is 1. The third-order valence-corrected chi connectivity index (χ3v) is 3.78. The molecule has 2 rings (SSSR count). The first kappa shape index (κ1) is 13.9. The fraction of sp³-hybridized carbons (Fsp3) is 0.267. The van der Waals surface area contributed by atoms with E-state index in [1.807, 2.05) is 30.5 Å². The van der Waals surface area contributed by atoms with E-state index in [9.17, 15) is 0 Å². The van der Waals surface area contributed by atoms with Crippen molar-refractivity contribution in [2.75, 3.05) is 13.7 Å². The molecule has 0 spiro atoms. The standard InChI is InChI=1S/C15H18N2OS/c1-18-14-6-5-12(7-8-16)10-13(14)11-19-15-4-2-3-9-17-15/h2-6,9-10H,7-8,11,16H2,1H3. The molecule has 0 fully saturated rings. The first-order valence-corrected chi connectivity index (χ1v) is 7.21. The molecule has 0 saturated heterocycles. The van der Waals surface area contributed by atoms with Gasteiger partial charge in [-0.25, -0.2) is 4.98 Å². The Morgan fingerprint density at radius 2 is 2.16 bits per heavy atom. The predicted octanol–water partition coefficient (Wildman–Crippen LogP) is 2.88. The highest BCUT2D eigenvalue weighted by molar-refractivity contribution is 7.98. The van der Waals surface area contributed by atoms with E-state index in [4.69, 9.17) is 10.5 Å². The maximum absolute atomic E-state index is 5.60. The summed E-state index contributed by atoms with van der Waals surface area (Å²) in [4.78, 5) is 4.31. The van der Waals surface area contributed by atoms with Crippen molar-refractivity contribution in [2.45, 2.75) is 17.2 Å². The number of rotatable bonds is 6. The summed E-state index contributed by atoms with van der Waals surface area (Å²) in [6.45, 7) is 0.666. The molecule has 100 valence electrons.